The fraction of sp³-hybridized carbons (Fsp3) is 0.385. The quantitative estimate of drug-likeness (QED) is 0.856. The predicted octanol–water partition coefficient (Wildman–Crippen LogP) is 1.18. The van der Waals surface area contributed by atoms with Crippen molar-refractivity contribution in [1.82, 2.24) is 10.2 Å². The molecule has 0 radical (unpaired) electrons. The van der Waals surface area contributed by atoms with E-state index in [0.717, 1.165) is 6.42 Å². The van der Waals surface area contributed by atoms with Crippen molar-refractivity contribution >= 4 is 11.8 Å². The van der Waals surface area contributed by atoms with E-state index in [4.69, 9.17) is 0 Å². The highest BCUT2D eigenvalue weighted by Gasteiger charge is 2.25. The van der Waals surface area contributed by atoms with E-state index in [1.54, 1.807) is 11.0 Å². The summed E-state index contributed by atoms with van der Waals surface area (Å²) in [5.74, 6) is -0.721. The zero-order chi connectivity index (χ0) is 13.1. The molecule has 2 rings (SSSR count). The number of nitrogens with one attached hydrogen (secondary N) is 1. The van der Waals surface area contributed by atoms with Gasteiger partial charge in [0.15, 0.2) is 0 Å². The van der Waals surface area contributed by atoms with Crippen molar-refractivity contribution in [3.63, 3.8) is 0 Å². The third-order valence-corrected chi connectivity index (χ3v) is 3.06. The lowest BCUT2D eigenvalue weighted by atomic mass is 10.2. The second-order valence-electron chi connectivity index (χ2n) is 4.43. The van der Waals surface area contributed by atoms with Gasteiger partial charge in [0.05, 0.1) is 0 Å². The molecule has 0 bridgehead atoms. The van der Waals surface area contributed by atoms with Crippen LogP contribution in [0.3, 0.4) is 0 Å². The molecule has 2 amide bonds. The Labute approximate surface area is 105 Å². The van der Waals surface area contributed by atoms with E-state index in [1.807, 2.05) is 0 Å². The second-order valence-corrected chi connectivity index (χ2v) is 4.43. The van der Waals surface area contributed by atoms with Gasteiger partial charge in [0.1, 0.15) is 5.82 Å². The average Bonchev–Trinajstić information content (AvgIpc) is 2.77. The largest absolute Gasteiger partial charge is 0.347 e. The van der Waals surface area contributed by atoms with E-state index in [-0.39, 0.29) is 17.9 Å². The van der Waals surface area contributed by atoms with Crippen LogP contribution in [0.4, 0.5) is 4.39 Å². The number of carbonyl (C=O) groups excluding carboxylic acids is 2. The van der Waals surface area contributed by atoms with Gasteiger partial charge in [-0.05, 0) is 24.6 Å². The number of nitrogens with zero attached hydrogens (tertiary/aromatic N) is 1. The summed E-state index contributed by atoms with van der Waals surface area (Å²) in [6, 6.07) is 5.51. The van der Waals surface area contributed by atoms with Gasteiger partial charge in [0, 0.05) is 31.6 Å². The van der Waals surface area contributed by atoms with Crippen LogP contribution >= 0.6 is 0 Å². The number of rotatable bonds is 2. The highest BCUT2D eigenvalue weighted by atomic mass is 19.1. The summed E-state index contributed by atoms with van der Waals surface area (Å²) in [5.41, 5.74) is 0.302. The molecule has 1 aromatic rings. The first-order valence-corrected chi connectivity index (χ1v) is 5.88. The van der Waals surface area contributed by atoms with Gasteiger partial charge in [-0.25, -0.2) is 4.39 Å². The summed E-state index contributed by atoms with van der Waals surface area (Å²) in [6.07, 6.45) is 0.737. The smallest absolute Gasteiger partial charge is 0.251 e. The van der Waals surface area contributed by atoms with Crippen LogP contribution in [0, 0.1) is 5.82 Å². The van der Waals surface area contributed by atoms with Gasteiger partial charge in [-0.2, -0.15) is 0 Å². The highest BCUT2D eigenvalue weighted by Crippen LogP contribution is 2.10. The Bertz CT molecular complexity index is 476. The molecule has 1 unspecified atom stereocenters. The Morgan fingerprint density at radius 1 is 1.44 bits per heavy atom. The Morgan fingerprint density at radius 2 is 2.22 bits per heavy atom. The minimum Gasteiger partial charge on any atom is -0.347 e. The highest BCUT2D eigenvalue weighted by molar-refractivity contribution is 5.94. The minimum atomic E-state index is -0.431. The lowest BCUT2D eigenvalue weighted by Crippen LogP contribution is -2.38. The van der Waals surface area contributed by atoms with Crippen molar-refractivity contribution < 1.29 is 14.0 Å². The molecule has 1 heterocycles. The fourth-order valence-electron chi connectivity index (χ4n) is 2.06. The molecule has 18 heavy (non-hydrogen) atoms. The Kier molecular flexibility index (Phi) is 3.60. The van der Waals surface area contributed by atoms with Crippen LogP contribution in [-0.2, 0) is 4.79 Å². The zero-order valence-corrected chi connectivity index (χ0v) is 10.1. The number of benzene rings is 1. The summed E-state index contributed by atoms with van der Waals surface area (Å²) >= 11 is 0. The number of hydrogen-bond acceptors (Lipinski definition) is 2. The van der Waals surface area contributed by atoms with Crippen molar-refractivity contribution in [3.8, 4) is 0 Å². The minimum absolute atomic E-state index is 0.0116. The van der Waals surface area contributed by atoms with Crippen LogP contribution in [0.1, 0.15) is 23.7 Å². The summed E-state index contributed by atoms with van der Waals surface area (Å²) in [7, 11) is 0. The molecule has 1 aliphatic rings. The number of halogens is 1. The fourth-order valence-corrected chi connectivity index (χ4v) is 2.06. The van der Waals surface area contributed by atoms with Gasteiger partial charge in [-0.15, -0.1) is 0 Å². The monoisotopic (exact) mass is 250 g/mol. The maximum atomic E-state index is 13.0. The average molecular weight is 250 g/mol. The maximum Gasteiger partial charge on any atom is 0.251 e. The summed E-state index contributed by atoms with van der Waals surface area (Å²) in [6.45, 7) is 2.69. The van der Waals surface area contributed by atoms with Crippen LogP contribution in [0.5, 0.6) is 0 Å². The summed E-state index contributed by atoms with van der Waals surface area (Å²) in [5, 5.41) is 2.81. The molecule has 1 aliphatic heterocycles. The molecule has 1 fully saturated rings. The normalized spacial score (nSPS) is 18.8. The van der Waals surface area contributed by atoms with Gasteiger partial charge in [-0.3, -0.25) is 9.59 Å². The number of hydrogen-bond donors (Lipinski definition) is 1. The first kappa shape index (κ1) is 12.5. The van der Waals surface area contributed by atoms with Crippen LogP contribution in [0.2, 0.25) is 0 Å². The van der Waals surface area contributed by atoms with Crippen molar-refractivity contribution in [2.24, 2.45) is 0 Å². The van der Waals surface area contributed by atoms with E-state index in [2.05, 4.69) is 5.32 Å². The lowest BCUT2D eigenvalue weighted by Gasteiger charge is -2.15. The van der Waals surface area contributed by atoms with Crippen molar-refractivity contribution in [1.29, 1.82) is 0 Å². The summed E-state index contributed by atoms with van der Waals surface area (Å²) < 4.78 is 13.0. The molecular weight excluding hydrogens is 235 g/mol. The predicted molar refractivity (Wildman–Crippen MR) is 64.5 cm³/mol. The van der Waals surface area contributed by atoms with E-state index in [0.29, 0.717) is 18.7 Å². The van der Waals surface area contributed by atoms with Gasteiger partial charge >= 0.3 is 0 Å². The van der Waals surface area contributed by atoms with E-state index in [9.17, 15) is 14.0 Å². The first-order valence-electron chi connectivity index (χ1n) is 5.88. The number of carbonyl (C=O) groups is 2. The van der Waals surface area contributed by atoms with Gasteiger partial charge < -0.3 is 10.2 Å². The van der Waals surface area contributed by atoms with Crippen molar-refractivity contribution in [2.45, 2.75) is 19.4 Å². The topological polar surface area (TPSA) is 49.4 Å². The SMILES string of the molecule is CC(=O)N1CCC(NC(=O)c2cccc(F)c2)C1. The lowest BCUT2D eigenvalue weighted by molar-refractivity contribution is -0.127. The maximum absolute atomic E-state index is 13.0. The molecule has 1 atom stereocenters. The second kappa shape index (κ2) is 5.16. The van der Waals surface area contributed by atoms with Gasteiger partial charge in [-0.1, -0.05) is 6.07 Å². The molecule has 96 valence electrons. The first-order chi connectivity index (χ1) is 8.56. The Hall–Kier alpha value is -1.91. The van der Waals surface area contributed by atoms with E-state index >= 15 is 0 Å². The zero-order valence-electron chi connectivity index (χ0n) is 10.1. The molecular formula is C13H15FN2O2. The third kappa shape index (κ3) is 2.85. The molecule has 0 spiro atoms. The van der Waals surface area contributed by atoms with E-state index < -0.39 is 5.82 Å². The third-order valence-electron chi connectivity index (χ3n) is 3.06. The molecule has 1 saturated heterocycles. The van der Waals surface area contributed by atoms with E-state index in [1.165, 1.54) is 25.1 Å². The number of likely N-dealkylation sites (tertiary alicyclic amines) is 1. The summed E-state index contributed by atoms with van der Waals surface area (Å²) in [4.78, 5) is 24.7. The number of amides is 2. The molecule has 0 saturated carbocycles. The van der Waals surface area contributed by atoms with Gasteiger partial charge in [0.25, 0.3) is 5.91 Å². The van der Waals surface area contributed by atoms with Gasteiger partial charge in [0.2, 0.25) is 5.91 Å². The van der Waals surface area contributed by atoms with Crippen molar-refractivity contribution in [3.05, 3.63) is 35.6 Å². The Morgan fingerprint density at radius 3 is 2.83 bits per heavy atom. The molecule has 0 aromatic heterocycles. The van der Waals surface area contributed by atoms with Crippen LogP contribution < -0.4 is 5.32 Å². The van der Waals surface area contributed by atoms with Crippen LogP contribution in [0.15, 0.2) is 24.3 Å². The standard InChI is InChI=1S/C13H15FN2O2/c1-9(17)16-6-5-12(8-16)15-13(18)10-3-2-4-11(14)7-10/h2-4,7,12H,5-6,8H2,1H3,(H,15,18). The Balaban J connectivity index is 1.95. The molecule has 5 heteroatoms. The molecule has 1 aromatic carbocycles. The molecule has 0 aliphatic carbocycles. The van der Waals surface area contributed by atoms with Crippen molar-refractivity contribution in [2.75, 3.05) is 13.1 Å². The van der Waals surface area contributed by atoms with Crippen LogP contribution in [-0.4, -0.2) is 35.8 Å². The van der Waals surface area contributed by atoms with Crippen LogP contribution in [0.25, 0.3) is 0 Å². The molecule has 4 nitrogen and oxygen atoms in total. The molecule has 1 N–H and O–H groups in total.